The number of para-hydroxylation sites is 2. The molecule has 0 radical (unpaired) electrons. The number of fused-ring (bicyclic) bond motifs is 6. The van der Waals surface area contributed by atoms with Crippen LogP contribution in [0.5, 0.6) is 0 Å². The molecule has 0 N–H and O–H groups in total. The Kier molecular flexibility index (Phi) is 8.82. The molecule has 0 saturated carbocycles. The van der Waals surface area contributed by atoms with Crippen LogP contribution in [-0.4, -0.2) is 9.13 Å². The van der Waals surface area contributed by atoms with Crippen LogP contribution in [-0.2, 0) is 10.8 Å². The largest absolute Gasteiger partial charge is 0.309 e. The van der Waals surface area contributed by atoms with Crippen molar-refractivity contribution >= 4 is 43.6 Å². The molecule has 262 valence electrons. The van der Waals surface area contributed by atoms with Gasteiger partial charge in [-0.2, -0.15) is 0 Å². The van der Waals surface area contributed by atoms with Crippen LogP contribution in [0.25, 0.3) is 66.1 Å². The summed E-state index contributed by atoms with van der Waals surface area (Å²) >= 11 is 0. The maximum absolute atomic E-state index is 2.49. The van der Waals surface area contributed by atoms with Crippen LogP contribution in [0, 0.1) is 0 Å². The summed E-state index contributed by atoms with van der Waals surface area (Å²) in [5.41, 5.74) is 13.2. The Morgan fingerprint density at radius 2 is 0.712 bits per heavy atom. The third-order valence-electron chi connectivity index (χ3n) is 13.2. The predicted octanol–water partition coefficient (Wildman–Crippen LogP) is 14.5. The molecule has 0 saturated heterocycles. The van der Waals surface area contributed by atoms with E-state index in [-0.39, 0.29) is 10.8 Å². The second-order valence-electron chi connectivity index (χ2n) is 15.0. The van der Waals surface area contributed by atoms with E-state index < -0.39 is 0 Å². The topological polar surface area (TPSA) is 9.86 Å². The zero-order valence-corrected chi connectivity index (χ0v) is 31.8. The summed E-state index contributed by atoms with van der Waals surface area (Å²) in [6.07, 6.45) is 6.91. The molecule has 0 atom stereocenters. The van der Waals surface area contributed by atoms with Gasteiger partial charge >= 0.3 is 0 Å². The lowest BCUT2D eigenvalue weighted by atomic mass is 9.73. The highest BCUT2D eigenvalue weighted by Gasteiger charge is 2.28. The molecular formula is C50H52N2. The van der Waals surface area contributed by atoms with Gasteiger partial charge in [-0.05, 0) is 132 Å². The van der Waals surface area contributed by atoms with Crippen molar-refractivity contribution in [2.45, 2.75) is 90.9 Å². The molecule has 0 unspecified atom stereocenters. The number of nitrogens with zero attached hydrogens (tertiary/aromatic N) is 2. The molecule has 8 rings (SSSR count). The van der Waals surface area contributed by atoms with Gasteiger partial charge in [0.25, 0.3) is 0 Å². The van der Waals surface area contributed by atoms with Crippen molar-refractivity contribution in [3.63, 3.8) is 0 Å². The van der Waals surface area contributed by atoms with Gasteiger partial charge in [-0.1, -0.05) is 114 Å². The van der Waals surface area contributed by atoms with E-state index >= 15 is 0 Å². The molecule has 0 aliphatic heterocycles. The fourth-order valence-corrected chi connectivity index (χ4v) is 9.54. The van der Waals surface area contributed by atoms with E-state index in [1.54, 1.807) is 0 Å². The van der Waals surface area contributed by atoms with Crippen LogP contribution in [0.1, 0.15) is 91.2 Å². The molecule has 2 heteroatoms. The minimum absolute atomic E-state index is 0.214. The summed E-state index contributed by atoms with van der Waals surface area (Å²) in [5.74, 6) is 0. The van der Waals surface area contributed by atoms with Gasteiger partial charge < -0.3 is 9.13 Å². The lowest BCUT2D eigenvalue weighted by Crippen LogP contribution is -2.23. The van der Waals surface area contributed by atoms with Crippen molar-refractivity contribution in [3.8, 4) is 22.5 Å². The summed E-state index contributed by atoms with van der Waals surface area (Å²) in [4.78, 5) is 0. The fourth-order valence-electron chi connectivity index (χ4n) is 9.54. The van der Waals surface area contributed by atoms with Gasteiger partial charge in [-0.25, -0.2) is 0 Å². The van der Waals surface area contributed by atoms with E-state index in [9.17, 15) is 0 Å². The first-order chi connectivity index (χ1) is 25.4. The van der Waals surface area contributed by atoms with Crippen LogP contribution in [0.3, 0.4) is 0 Å². The van der Waals surface area contributed by atoms with Gasteiger partial charge in [0.1, 0.15) is 0 Å². The summed E-state index contributed by atoms with van der Waals surface area (Å²) in [5, 5.41) is 5.30. The van der Waals surface area contributed by atoms with Crippen LogP contribution < -0.4 is 0 Å². The van der Waals surface area contributed by atoms with E-state index in [1.165, 1.54) is 77.2 Å². The Hall–Kier alpha value is -5.08. The highest BCUT2D eigenvalue weighted by molar-refractivity contribution is 6.10. The maximum atomic E-state index is 2.49. The van der Waals surface area contributed by atoms with Gasteiger partial charge in [0.05, 0.1) is 22.1 Å². The third kappa shape index (κ3) is 5.21. The Bertz CT molecular complexity index is 2350. The van der Waals surface area contributed by atoms with Crippen molar-refractivity contribution in [2.75, 3.05) is 0 Å². The maximum Gasteiger partial charge on any atom is 0.0541 e. The highest BCUT2D eigenvalue weighted by atomic mass is 15.0. The summed E-state index contributed by atoms with van der Waals surface area (Å²) in [7, 11) is 0. The molecule has 0 aliphatic carbocycles. The van der Waals surface area contributed by atoms with E-state index in [4.69, 9.17) is 0 Å². The molecule has 8 aromatic rings. The minimum atomic E-state index is 0.214. The van der Waals surface area contributed by atoms with Gasteiger partial charge in [0, 0.05) is 32.9 Å². The smallest absolute Gasteiger partial charge is 0.0541 e. The van der Waals surface area contributed by atoms with Crippen molar-refractivity contribution in [2.24, 2.45) is 0 Å². The first-order valence-corrected chi connectivity index (χ1v) is 19.7. The second-order valence-corrected chi connectivity index (χ2v) is 15.0. The standard InChI is InChI=1S/C50H52N2/c1-7-49(8-2,9-3)37-27-29-47-43(33-37)41-23-13-15-25-45(41)51(47)39-21-17-19-35(31-39)36-20-18-22-40(32-36)52-46-26-16-14-24-42(46)44-34-38(28-30-48(44)52)50(10-4,11-5)12-6/h13-34H,7-12H2,1-6H3. The van der Waals surface area contributed by atoms with Crippen molar-refractivity contribution < 1.29 is 0 Å². The number of benzene rings is 6. The van der Waals surface area contributed by atoms with Crippen molar-refractivity contribution in [1.82, 2.24) is 9.13 Å². The summed E-state index contributed by atoms with van der Waals surface area (Å²) in [6, 6.07) is 50.5. The van der Waals surface area contributed by atoms with Crippen molar-refractivity contribution in [1.29, 1.82) is 0 Å². The van der Waals surface area contributed by atoms with Gasteiger partial charge in [0.2, 0.25) is 0 Å². The van der Waals surface area contributed by atoms with E-state index in [0.717, 1.165) is 38.5 Å². The van der Waals surface area contributed by atoms with Crippen LogP contribution in [0.15, 0.2) is 133 Å². The van der Waals surface area contributed by atoms with E-state index in [1.807, 2.05) is 0 Å². The number of rotatable bonds is 11. The summed E-state index contributed by atoms with van der Waals surface area (Å²) in [6.45, 7) is 14.1. The molecule has 52 heavy (non-hydrogen) atoms. The molecule has 0 spiro atoms. The average molecular weight is 681 g/mol. The number of hydrogen-bond acceptors (Lipinski definition) is 0. The molecule has 6 aromatic carbocycles. The fraction of sp³-hybridized carbons (Fsp3) is 0.280. The Balaban J connectivity index is 1.26. The molecule has 0 aliphatic rings. The van der Waals surface area contributed by atoms with Gasteiger partial charge in [-0.15, -0.1) is 0 Å². The molecule has 2 heterocycles. The minimum Gasteiger partial charge on any atom is -0.309 e. The van der Waals surface area contributed by atoms with Gasteiger partial charge in [-0.3, -0.25) is 0 Å². The first kappa shape index (κ1) is 34.0. The molecule has 2 aromatic heterocycles. The zero-order valence-electron chi connectivity index (χ0n) is 31.8. The van der Waals surface area contributed by atoms with E-state index in [2.05, 4.69) is 184 Å². The first-order valence-electron chi connectivity index (χ1n) is 19.7. The third-order valence-corrected chi connectivity index (χ3v) is 13.2. The molecule has 0 bridgehead atoms. The monoisotopic (exact) mass is 680 g/mol. The van der Waals surface area contributed by atoms with Gasteiger partial charge in [0.15, 0.2) is 0 Å². The normalized spacial score (nSPS) is 12.5. The highest BCUT2D eigenvalue weighted by Crippen LogP contribution is 2.42. The average Bonchev–Trinajstić information content (AvgIpc) is 3.72. The number of hydrogen-bond donors (Lipinski definition) is 0. The lowest BCUT2D eigenvalue weighted by Gasteiger charge is -2.31. The predicted molar refractivity (Wildman–Crippen MR) is 226 cm³/mol. The van der Waals surface area contributed by atoms with Crippen LogP contribution in [0.2, 0.25) is 0 Å². The summed E-state index contributed by atoms with van der Waals surface area (Å²) < 4.78 is 4.92. The zero-order chi connectivity index (χ0) is 36.0. The SMILES string of the molecule is CCC(CC)(CC)c1ccc2c(c1)c1ccccc1n2-c1cccc(-c2cccc(-n3c4ccccc4c4cc(C(CC)(CC)CC)ccc43)c2)c1. The van der Waals surface area contributed by atoms with Crippen molar-refractivity contribution in [3.05, 3.63) is 145 Å². The lowest BCUT2D eigenvalue weighted by molar-refractivity contribution is 0.382. The van der Waals surface area contributed by atoms with E-state index in [0.29, 0.717) is 0 Å². The van der Waals surface area contributed by atoms with Crippen LogP contribution in [0.4, 0.5) is 0 Å². The number of aromatic nitrogens is 2. The second kappa shape index (κ2) is 13.5. The Morgan fingerprint density at radius 3 is 1.10 bits per heavy atom. The Labute approximate surface area is 309 Å². The molecule has 2 nitrogen and oxygen atoms in total. The molecule has 0 amide bonds. The molecular weight excluding hydrogens is 629 g/mol. The van der Waals surface area contributed by atoms with Crippen LogP contribution >= 0.6 is 0 Å². The quantitative estimate of drug-likeness (QED) is 0.129. The Morgan fingerprint density at radius 1 is 0.346 bits per heavy atom. The molecule has 0 fully saturated rings.